The van der Waals surface area contributed by atoms with Crippen molar-refractivity contribution in [3.8, 4) is 0 Å². The van der Waals surface area contributed by atoms with Crippen LogP contribution in [0.15, 0.2) is 6.20 Å². The summed E-state index contributed by atoms with van der Waals surface area (Å²) in [6, 6.07) is 0. The molecule has 0 atom stereocenters. The number of carboxylic acid groups (broad SMARTS) is 1. The van der Waals surface area contributed by atoms with E-state index in [1.54, 1.807) is 0 Å². The molecule has 0 amide bonds. The van der Waals surface area contributed by atoms with E-state index in [0.29, 0.717) is 0 Å². The number of hydrogen-bond acceptors (Lipinski definition) is 3. The van der Waals surface area contributed by atoms with E-state index in [4.69, 9.17) is 22.4 Å². The number of nitrogens with two attached hydrogens (primary N) is 1. The first-order valence-corrected chi connectivity index (χ1v) is 4.37. The molecule has 15 heavy (non-hydrogen) atoms. The molecule has 0 spiro atoms. The molecule has 1 rings (SSSR count). The molecule has 0 aliphatic carbocycles. The number of hydrogen-bond donors (Lipinski definition) is 2. The minimum absolute atomic E-state index is 0.0815. The maximum Gasteiger partial charge on any atom is 0.354 e. The highest BCUT2D eigenvalue weighted by Gasteiger charge is 2.20. The lowest BCUT2D eigenvalue weighted by Crippen LogP contribution is -2.10. The summed E-state index contributed by atoms with van der Waals surface area (Å²) in [7, 11) is 0. The summed E-state index contributed by atoms with van der Waals surface area (Å²) < 4.78 is 24.7. The zero-order valence-electron chi connectivity index (χ0n) is 7.38. The Bertz CT molecular complexity index is 398. The molecule has 0 aromatic carbocycles. The molecule has 7 heteroatoms. The third-order valence-corrected chi connectivity index (χ3v) is 2.09. The van der Waals surface area contributed by atoms with Crippen LogP contribution in [0, 0.1) is 0 Å². The first-order chi connectivity index (χ1) is 6.99. The second-order valence-electron chi connectivity index (χ2n) is 2.69. The maximum atomic E-state index is 12.4. The number of rotatable bonds is 3. The van der Waals surface area contributed by atoms with Gasteiger partial charge in [0.15, 0.2) is 5.69 Å². The Kier molecular flexibility index (Phi) is 3.41. The molecule has 1 heterocycles. The molecule has 0 aliphatic heterocycles. The van der Waals surface area contributed by atoms with Gasteiger partial charge >= 0.3 is 5.97 Å². The lowest BCUT2D eigenvalue weighted by Gasteiger charge is -2.10. The van der Waals surface area contributed by atoms with Crippen molar-refractivity contribution < 1.29 is 18.7 Å². The number of pyridine rings is 1. The fraction of sp³-hybridized carbons (Fsp3) is 0.250. The standard InChI is InChI=1S/C8H7ClF2N2O2/c9-1-3-5(12)4(7(10)11)2-13-6(3)8(14)15/h2,7H,1H2,(H2,12,13)(H,14,15). The number of anilines is 1. The van der Waals surface area contributed by atoms with Crippen molar-refractivity contribution in [1.82, 2.24) is 4.98 Å². The van der Waals surface area contributed by atoms with Gasteiger partial charge in [0, 0.05) is 17.4 Å². The van der Waals surface area contributed by atoms with Gasteiger partial charge in [0.1, 0.15) is 0 Å². The van der Waals surface area contributed by atoms with Crippen LogP contribution in [0.2, 0.25) is 0 Å². The average Bonchev–Trinajstić information content (AvgIpc) is 2.16. The Morgan fingerprint density at radius 2 is 2.27 bits per heavy atom. The Hall–Kier alpha value is -1.43. The normalized spacial score (nSPS) is 10.7. The van der Waals surface area contributed by atoms with E-state index in [2.05, 4.69) is 4.98 Å². The van der Waals surface area contributed by atoms with Crippen LogP contribution in [0.5, 0.6) is 0 Å². The van der Waals surface area contributed by atoms with Gasteiger partial charge in [0.25, 0.3) is 6.43 Å². The highest BCUT2D eigenvalue weighted by atomic mass is 35.5. The number of aromatic nitrogens is 1. The zero-order valence-corrected chi connectivity index (χ0v) is 8.13. The molecule has 0 bridgehead atoms. The Morgan fingerprint density at radius 3 is 2.67 bits per heavy atom. The summed E-state index contributed by atoms with van der Waals surface area (Å²) in [4.78, 5) is 14.0. The molecule has 0 saturated heterocycles. The third-order valence-electron chi connectivity index (χ3n) is 1.83. The number of carbonyl (C=O) groups is 1. The minimum Gasteiger partial charge on any atom is -0.477 e. The predicted molar refractivity (Wildman–Crippen MR) is 50.1 cm³/mol. The first kappa shape index (κ1) is 11.6. The van der Waals surface area contributed by atoms with E-state index < -0.39 is 23.7 Å². The Balaban J connectivity index is 3.39. The van der Waals surface area contributed by atoms with E-state index in [0.717, 1.165) is 6.20 Å². The highest BCUT2D eigenvalue weighted by Crippen LogP contribution is 2.29. The molecule has 0 radical (unpaired) electrons. The Labute approximate surface area is 88.7 Å². The van der Waals surface area contributed by atoms with Gasteiger partial charge in [0.2, 0.25) is 0 Å². The molecule has 0 aliphatic rings. The first-order valence-electron chi connectivity index (χ1n) is 3.83. The van der Waals surface area contributed by atoms with Crippen LogP contribution >= 0.6 is 11.6 Å². The zero-order chi connectivity index (χ0) is 11.6. The van der Waals surface area contributed by atoms with E-state index in [1.807, 2.05) is 0 Å². The highest BCUT2D eigenvalue weighted by molar-refractivity contribution is 6.18. The van der Waals surface area contributed by atoms with E-state index in [9.17, 15) is 13.6 Å². The number of aromatic carboxylic acids is 1. The van der Waals surface area contributed by atoms with Crippen molar-refractivity contribution in [2.45, 2.75) is 12.3 Å². The van der Waals surface area contributed by atoms with E-state index in [1.165, 1.54) is 0 Å². The molecule has 1 aromatic rings. The van der Waals surface area contributed by atoms with Gasteiger partial charge in [-0.05, 0) is 0 Å². The maximum absolute atomic E-state index is 12.4. The number of halogens is 3. The summed E-state index contributed by atoms with van der Waals surface area (Å²) in [5.74, 6) is -1.63. The predicted octanol–water partition coefficient (Wildman–Crippen LogP) is 2.04. The monoisotopic (exact) mass is 236 g/mol. The van der Waals surface area contributed by atoms with Crippen LogP contribution in [0.4, 0.5) is 14.5 Å². The number of nitrogen functional groups attached to an aromatic ring is 1. The quantitative estimate of drug-likeness (QED) is 0.788. The fourth-order valence-corrected chi connectivity index (χ4v) is 1.35. The van der Waals surface area contributed by atoms with Crippen LogP contribution in [0.25, 0.3) is 0 Å². The second kappa shape index (κ2) is 4.39. The van der Waals surface area contributed by atoms with Crippen LogP contribution in [-0.2, 0) is 5.88 Å². The van der Waals surface area contributed by atoms with Crippen LogP contribution in [0.1, 0.15) is 28.0 Å². The van der Waals surface area contributed by atoms with Gasteiger partial charge in [-0.25, -0.2) is 18.6 Å². The van der Waals surface area contributed by atoms with Crippen molar-refractivity contribution in [2.75, 3.05) is 5.73 Å². The molecular formula is C8H7ClF2N2O2. The SMILES string of the molecule is Nc1c(C(F)F)cnc(C(=O)O)c1CCl. The summed E-state index contributed by atoms with van der Waals surface area (Å²) in [5.41, 5.74) is 4.07. The van der Waals surface area contributed by atoms with Crippen molar-refractivity contribution in [3.05, 3.63) is 23.0 Å². The van der Waals surface area contributed by atoms with Gasteiger partial charge in [-0.1, -0.05) is 0 Å². The van der Waals surface area contributed by atoms with Crippen LogP contribution in [0.3, 0.4) is 0 Å². The minimum atomic E-state index is -2.80. The fourth-order valence-electron chi connectivity index (χ4n) is 1.08. The topological polar surface area (TPSA) is 76.2 Å². The molecule has 0 unspecified atom stereocenters. The van der Waals surface area contributed by atoms with Crippen molar-refractivity contribution >= 4 is 23.3 Å². The van der Waals surface area contributed by atoms with Crippen molar-refractivity contribution in [1.29, 1.82) is 0 Å². The Morgan fingerprint density at radius 1 is 1.67 bits per heavy atom. The number of carboxylic acids is 1. The summed E-state index contributed by atoms with van der Waals surface area (Å²) in [6.07, 6.45) is -2.05. The lowest BCUT2D eigenvalue weighted by atomic mass is 10.1. The molecule has 0 fully saturated rings. The van der Waals surface area contributed by atoms with Crippen LogP contribution < -0.4 is 5.73 Å². The summed E-state index contributed by atoms with van der Waals surface area (Å²) in [6.45, 7) is 0. The van der Waals surface area contributed by atoms with Crippen LogP contribution in [-0.4, -0.2) is 16.1 Å². The lowest BCUT2D eigenvalue weighted by molar-refractivity contribution is 0.0689. The number of alkyl halides is 3. The van der Waals surface area contributed by atoms with E-state index in [-0.39, 0.29) is 17.1 Å². The smallest absolute Gasteiger partial charge is 0.354 e. The molecule has 1 aromatic heterocycles. The molecule has 3 N–H and O–H groups in total. The molecular weight excluding hydrogens is 230 g/mol. The van der Waals surface area contributed by atoms with Gasteiger partial charge in [-0.15, -0.1) is 11.6 Å². The third kappa shape index (κ3) is 2.15. The average molecular weight is 237 g/mol. The molecule has 82 valence electrons. The van der Waals surface area contributed by atoms with Gasteiger partial charge in [-0.3, -0.25) is 0 Å². The van der Waals surface area contributed by atoms with Gasteiger partial charge in [0.05, 0.1) is 11.4 Å². The van der Waals surface area contributed by atoms with E-state index >= 15 is 0 Å². The van der Waals surface area contributed by atoms with Gasteiger partial charge < -0.3 is 10.8 Å². The summed E-state index contributed by atoms with van der Waals surface area (Å²) in [5, 5.41) is 8.69. The molecule has 0 saturated carbocycles. The largest absolute Gasteiger partial charge is 0.477 e. The van der Waals surface area contributed by atoms with Crippen molar-refractivity contribution in [3.63, 3.8) is 0 Å². The number of nitrogens with zero attached hydrogens (tertiary/aromatic N) is 1. The molecule has 4 nitrogen and oxygen atoms in total. The second-order valence-corrected chi connectivity index (χ2v) is 2.96. The van der Waals surface area contributed by atoms with Crippen molar-refractivity contribution in [2.24, 2.45) is 0 Å². The summed E-state index contributed by atoms with van der Waals surface area (Å²) >= 11 is 5.43. The van der Waals surface area contributed by atoms with Gasteiger partial charge in [-0.2, -0.15) is 0 Å².